The van der Waals surface area contributed by atoms with Crippen LogP contribution in [0.5, 0.6) is 0 Å². The topological polar surface area (TPSA) is 180 Å². The summed E-state index contributed by atoms with van der Waals surface area (Å²) in [4.78, 5) is 0. The van der Waals surface area contributed by atoms with Crippen molar-refractivity contribution in [1.29, 1.82) is 0 Å². The van der Waals surface area contributed by atoms with E-state index in [1.165, 1.54) is 12.2 Å². The molecule has 2 aliphatic heterocycles. The van der Waals surface area contributed by atoms with Crippen LogP contribution in [0, 0.1) is 0 Å². The van der Waals surface area contributed by atoms with Crippen LogP contribution in [0.1, 0.15) is 5.56 Å². The van der Waals surface area contributed by atoms with Gasteiger partial charge in [-0.3, -0.25) is 0 Å². The van der Waals surface area contributed by atoms with Crippen LogP contribution < -0.4 is 0 Å². The van der Waals surface area contributed by atoms with E-state index >= 15 is 0 Å². The molecular formula is C20H28O10. The predicted octanol–water partition coefficient (Wildman–Crippen LogP) is -3.25. The fourth-order valence-corrected chi connectivity index (χ4v) is 3.84. The second kappa shape index (κ2) is 9.37. The van der Waals surface area contributed by atoms with Crippen molar-refractivity contribution in [2.75, 3.05) is 13.2 Å². The van der Waals surface area contributed by atoms with Crippen molar-refractivity contribution in [3.8, 4) is 0 Å². The van der Waals surface area contributed by atoms with Crippen molar-refractivity contribution in [3.05, 3.63) is 42.0 Å². The Morgan fingerprint density at radius 2 is 1.53 bits per heavy atom. The van der Waals surface area contributed by atoms with Crippen molar-refractivity contribution in [2.45, 2.75) is 60.5 Å². The van der Waals surface area contributed by atoms with Crippen molar-refractivity contribution in [3.63, 3.8) is 0 Å². The Hall–Kier alpha value is -1.44. The molecule has 8 N–H and O–H groups in total. The van der Waals surface area contributed by atoms with Crippen LogP contribution >= 0.6 is 0 Å². The molecule has 2 saturated heterocycles. The van der Waals surface area contributed by atoms with E-state index in [4.69, 9.17) is 9.47 Å². The quantitative estimate of drug-likeness (QED) is 0.237. The molecule has 2 aliphatic rings. The molecule has 168 valence electrons. The van der Waals surface area contributed by atoms with E-state index in [9.17, 15) is 40.9 Å². The van der Waals surface area contributed by atoms with Crippen LogP contribution in [0.2, 0.25) is 0 Å². The number of aliphatic hydroxyl groups is 8. The molecule has 30 heavy (non-hydrogen) atoms. The Labute approximate surface area is 172 Å². The molecule has 1 aromatic rings. The lowest BCUT2D eigenvalue weighted by atomic mass is 9.75. The fraction of sp³-hybridized carbons (Fsp3) is 0.600. The molecule has 1 aromatic carbocycles. The van der Waals surface area contributed by atoms with E-state index in [1.54, 1.807) is 30.3 Å². The lowest BCUT2D eigenvalue weighted by Gasteiger charge is -2.50. The molecule has 0 bridgehead atoms. The molecule has 0 spiro atoms. The summed E-state index contributed by atoms with van der Waals surface area (Å²) in [5.41, 5.74) is -1.89. The minimum atomic E-state index is -2.58. The molecule has 0 aromatic heterocycles. The zero-order chi connectivity index (χ0) is 22.1. The summed E-state index contributed by atoms with van der Waals surface area (Å²) < 4.78 is 10.5. The van der Waals surface area contributed by atoms with E-state index in [1.807, 2.05) is 0 Å². The largest absolute Gasteiger partial charge is 0.388 e. The van der Waals surface area contributed by atoms with E-state index in [0.717, 1.165) is 0 Å². The summed E-state index contributed by atoms with van der Waals surface area (Å²) in [7, 11) is 0. The minimum absolute atomic E-state index is 0.396. The number of ether oxygens (including phenoxy) is 2. The zero-order valence-electron chi connectivity index (χ0n) is 16.0. The van der Waals surface area contributed by atoms with Gasteiger partial charge in [0.2, 0.25) is 0 Å². The van der Waals surface area contributed by atoms with Crippen LogP contribution in [-0.4, -0.2) is 115 Å². The van der Waals surface area contributed by atoms with Gasteiger partial charge in [-0.15, -0.1) is 0 Å². The third kappa shape index (κ3) is 4.30. The van der Waals surface area contributed by atoms with Gasteiger partial charge in [-0.2, -0.15) is 0 Å². The predicted molar refractivity (Wildman–Crippen MR) is 102 cm³/mol. The third-order valence-corrected chi connectivity index (χ3v) is 5.67. The van der Waals surface area contributed by atoms with Crippen molar-refractivity contribution < 1.29 is 50.3 Å². The smallest absolute Gasteiger partial charge is 0.151 e. The van der Waals surface area contributed by atoms with Crippen LogP contribution in [0.4, 0.5) is 0 Å². The molecule has 10 nitrogen and oxygen atoms in total. The highest BCUT2D eigenvalue weighted by Crippen LogP contribution is 2.35. The molecule has 2 fully saturated rings. The highest BCUT2D eigenvalue weighted by Gasteiger charge is 2.59. The van der Waals surface area contributed by atoms with Gasteiger partial charge >= 0.3 is 0 Å². The van der Waals surface area contributed by atoms with E-state index in [0.29, 0.717) is 5.56 Å². The summed E-state index contributed by atoms with van der Waals surface area (Å²) in [5, 5.41) is 82.7. The van der Waals surface area contributed by atoms with E-state index < -0.39 is 73.8 Å². The Bertz CT molecular complexity index is 715. The van der Waals surface area contributed by atoms with Crippen LogP contribution in [0.15, 0.2) is 36.4 Å². The second-order valence-electron chi connectivity index (χ2n) is 7.71. The average molecular weight is 428 g/mol. The van der Waals surface area contributed by atoms with Gasteiger partial charge in [-0.25, -0.2) is 0 Å². The van der Waals surface area contributed by atoms with E-state index in [2.05, 4.69) is 0 Å². The van der Waals surface area contributed by atoms with Crippen molar-refractivity contribution in [1.82, 2.24) is 0 Å². The van der Waals surface area contributed by atoms with Gasteiger partial charge in [-0.1, -0.05) is 42.5 Å². The first-order valence-electron chi connectivity index (χ1n) is 9.63. The Morgan fingerprint density at radius 1 is 0.900 bits per heavy atom. The molecule has 0 saturated carbocycles. The summed E-state index contributed by atoms with van der Waals surface area (Å²) in [6.45, 7) is -0.860. The molecular weight excluding hydrogens is 400 g/mol. The number of hydrogen-bond acceptors (Lipinski definition) is 10. The van der Waals surface area contributed by atoms with Crippen molar-refractivity contribution >= 4 is 6.08 Å². The number of rotatable bonds is 5. The molecule has 0 amide bonds. The molecule has 2 heterocycles. The fourth-order valence-electron chi connectivity index (χ4n) is 3.84. The number of benzene rings is 1. The standard InChI is InChI=1S/C20H28O10/c21-11-8-29-17(15(25)14(11)24)16(26)19-20(28,18(27)12(22)9-30-19)13(23)7-6-10-4-2-1-3-5-10/h1-7,11-19,21-28H,8-9H2/t11-,12+,13?,14-,15+,16?,17-,18-,19-,20-/m1/s1. The molecule has 10 atom stereocenters. The second-order valence-corrected chi connectivity index (χ2v) is 7.71. The first kappa shape index (κ1) is 23.2. The van der Waals surface area contributed by atoms with Gasteiger partial charge in [0.1, 0.15) is 54.9 Å². The number of aliphatic hydroxyl groups excluding tert-OH is 7. The maximum absolute atomic E-state index is 11.2. The lowest BCUT2D eigenvalue weighted by molar-refractivity contribution is -0.304. The average Bonchev–Trinajstić information content (AvgIpc) is 2.74. The highest BCUT2D eigenvalue weighted by atomic mass is 16.6. The molecule has 10 heteroatoms. The first-order valence-corrected chi connectivity index (χ1v) is 9.63. The normalized spacial score (nSPS) is 42.2. The monoisotopic (exact) mass is 428 g/mol. The van der Waals surface area contributed by atoms with Crippen LogP contribution in [0.3, 0.4) is 0 Å². The molecule has 2 unspecified atom stereocenters. The summed E-state index contributed by atoms with van der Waals surface area (Å²) in [5.74, 6) is 0. The van der Waals surface area contributed by atoms with E-state index in [-0.39, 0.29) is 0 Å². The molecule has 0 aliphatic carbocycles. The Balaban J connectivity index is 1.87. The summed E-state index contributed by atoms with van der Waals surface area (Å²) in [6, 6.07) is 8.79. The SMILES string of the molecule is OC([C@H]1OC[C@H](O)[C@@H](O)[C@]1(O)C(O)C=Cc1ccccc1)[C@@H]1OC[C@@H](O)[C@@H](O)[C@@H]1O. The Morgan fingerprint density at radius 3 is 2.20 bits per heavy atom. The number of hydrogen-bond donors (Lipinski definition) is 8. The van der Waals surface area contributed by atoms with Gasteiger partial charge < -0.3 is 50.3 Å². The van der Waals surface area contributed by atoms with Crippen LogP contribution in [0.25, 0.3) is 6.08 Å². The van der Waals surface area contributed by atoms with Crippen molar-refractivity contribution in [2.24, 2.45) is 0 Å². The maximum atomic E-state index is 11.2. The van der Waals surface area contributed by atoms with Gasteiger partial charge in [0.25, 0.3) is 0 Å². The lowest BCUT2D eigenvalue weighted by Crippen LogP contribution is -2.73. The minimum Gasteiger partial charge on any atom is -0.388 e. The Kier molecular flexibility index (Phi) is 7.25. The van der Waals surface area contributed by atoms with Gasteiger partial charge in [0.05, 0.1) is 13.2 Å². The third-order valence-electron chi connectivity index (χ3n) is 5.67. The zero-order valence-corrected chi connectivity index (χ0v) is 16.0. The highest BCUT2D eigenvalue weighted by molar-refractivity contribution is 5.49. The van der Waals surface area contributed by atoms with Gasteiger partial charge in [-0.05, 0) is 5.56 Å². The molecule has 3 rings (SSSR count). The van der Waals surface area contributed by atoms with Gasteiger partial charge in [0.15, 0.2) is 5.60 Å². The molecule has 0 radical (unpaired) electrons. The summed E-state index contributed by atoms with van der Waals surface area (Å²) in [6.07, 6.45) is -12.3. The van der Waals surface area contributed by atoms with Gasteiger partial charge in [0, 0.05) is 0 Å². The van der Waals surface area contributed by atoms with Crippen LogP contribution in [-0.2, 0) is 9.47 Å². The first-order chi connectivity index (χ1) is 14.2. The maximum Gasteiger partial charge on any atom is 0.151 e. The summed E-state index contributed by atoms with van der Waals surface area (Å²) >= 11 is 0.